The zero-order chi connectivity index (χ0) is 13.9. The second-order valence-electron chi connectivity index (χ2n) is 4.89. The Labute approximate surface area is 118 Å². The van der Waals surface area contributed by atoms with Gasteiger partial charge in [-0.25, -0.2) is 0 Å². The third kappa shape index (κ3) is 2.32. The van der Waals surface area contributed by atoms with Crippen LogP contribution in [0.2, 0.25) is 0 Å². The predicted molar refractivity (Wildman–Crippen MR) is 80.7 cm³/mol. The molecule has 102 valence electrons. The molecule has 0 aliphatic heterocycles. The second-order valence-corrected chi connectivity index (χ2v) is 4.89. The first-order chi connectivity index (χ1) is 9.79. The van der Waals surface area contributed by atoms with Crippen molar-refractivity contribution in [3.8, 4) is 0 Å². The number of nitrogens with zero attached hydrogens (tertiary/aromatic N) is 1. The van der Waals surface area contributed by atoms with E-state index in [4.69, 9.17) is 9.40 Å². The fourth-order valence-electron chi connectivity index (χ4n) is 2.53. The lowest BCUT2D eigenvalue weighted by molar-refractivity contribution is 0.448. The minimum atomic E-state index is -0.00157. The summed E-state index contributed by atoms with van der Waals surface area (Å²) in [7, 11) is 0. The van der Waals surface area contributed by atoms with E-state index in [9.17, 15) is 0 Å². The molecule has 1 unspecified atom stereocenters. The molecule has 0 aliphatic rings. The van der Waals surface area contributed by atoms with Crippen LogP contribution in [0.5, 0.6) is 0 Å². The van der Waals surface area contributed by atoms with Crippen LogP contribution in [0.4, 0.5) is 0 Å². The monoisotopic (exact) mass is 266 g/mol. The summed E-state index contributed by atoms with van der Waals surface area (Å²) >= 11 is 0. The standard InChI is InChI=1S/C17H18N2O/c1-3-18-17(16-9-6-10-20-16)15-11-12(2)13-7-4-5-8-14(13)19-15/h4-11,17-18H,3H2,1-2H3. The van der Waals surface area contributed by atoms with E-state index in [-0.39, 0.29) is 6.04 Å². The Morgan fingerprint density at radius 1 is 1.20 bits per heavy atom. The number of hydrogen-bond acceptors (Lipinski definition) is 3. The van der Waals surface area contributed by atoms with E-state index < -0.39 is 0 Å². The Kier molecular flexibility index (Phi) is 3.52. The minimum Gasteiger partial charge on any atom is -0.467 e. The molecule has 2 heterocycles. The minimum absolute atomic E-state index is 0.00157. The number of hydrogen-bond donors (Lipinski definition) is 1. The fourth-order valence-corrected chi connectivity index (χ4v) is 2.53. The van der Waals surface area contributed by atoms with Crippen molar-refractivity contribution in [1.82, 2.24) is 10.3 Å². The molecule has 0 bridgehead atoms. The van der Waals surface area contributed by atoms with Crippen molar-refractivity contribution in [2.24, 2.45) is 0 Å². The summed E-state index contributed by atoms with van der Waals surface area (Å²) in [6.07, 6.45) is 1.70. The molecule has 2 aromatic heterocycles. The van der Waals surface area contributed by atoms with Gasteiger partial charge >= 0.3 is 0 Å². The summed E-state index contributed by atoms with van der Waals surface area (Å²) in [6.45, 7) is 5.07. The third-order valence-electron chi connectivity index (χ3n) is 3.47. The SMILES string of the molecule is CCNC(c1cc(C)c2ccccc2n1)c1ccco1. The van der Waals surface area contributed by atoms with Gasteiger partial charge in [-0.3, -0.25) is 4.98 Å². The van der Waals surface area contributed by atoms with Gasteiger partial charge in [0.15, 0.2) is 0 Å². The predicted octanol–water partition coefficient (Wildman–Crippen LogP) is 3.84. The third-order valence-corrected chi connectivity index (χ3v) is 3.47. The van der Waals surface area contributed by atoms with Gasteiger partial charge in [0.25, 0.3) is 0 Å². The van der Waals surface area contributed by atoms with Crippen LogP contribution >= 0.6 is 0 Å². The molecule has 0 amide bonds. The van der Waals surface area contributed by atoms with Crippen LogP contribution in [0.25, 0.3) is 10.9 Å². The van der Waals surface area contributed by atoms with Gasteiger partial charge in [-0.2, -0.15) is 0 Å². The number of rotatable bonds is 4. The van der Waals surface area contributed by atoms with Crippen molar-refractivity contribution in [2.45, 2.75) is 19.9 Å². The average Bonchev–Trinajstić information content (AvgIpc) is 2.98. The summed E-state index contributed by atoms with van der Waals surface area (Å²) in [4.78, 5) is 4.79. The van der Waals surface area contributed by atoms with Crippen LogP contribution < -0.4 is 5.32 Å². The van der Waals surface area contributed by atoms with Crippen LogP contribution in [0.15, 0.2) is 53.1 Å². The number of nitrogens with one attached hydrogen (secondary N) is 1. The van der Waals surface area contributed by atoms with Gasteiger partial charge in [-0.05, 0) is 43.3 Å². The second kappa shape index (κ2) is 5.47. The van der Waals surface area contributed by atoms with Gasteiger partial charge < -0.3 is 9.73 Å². The Balaban J connectivity index is 2.11. The highest BCUT2D eigenvalue weighted by Crippen LogP contribution is 2.25. The molecule has 0 spiro atoms. The molecule has 1 N–H and O–H groups in total. The first-order valence-electron chi connectivity index (χ1n) is 6.92. The molecule has 1 aromatic carbocycles. The Morgan fingerprint density at radius 2 is 2.05 bits per heavy atom. The Hall–Kier alpha value is -2.13. The number of aromatic nitrogens is 1. The highest BCUT2D eigenvalue weighted by Gasteiger charge is 2.18. The zero-order valence-corrected chi connectivity index (χ0v) is 11.8. The van der Waals surface area contributed by atoms with E-state index >= 15 is 0 Å². The summed E-state index contributed by atoms with van der Waals surface area (Å²) in [5, 5.41) is 4.64. The van der Waals surface area contributed by atoms with Crippen molar-refractivity contribution in [3.05, 3.63) is 65.7 Å². The molecule has 3 nitrogen and oxygen atoms in total. The van der Waals surface area contributed by atoms with Crippen molar-refractivity contribution >= 4 is 10.9 Å². The van der Waals surface area contributed by atoms with Crippen LogP contribution in [0.3, 0.4) is 0 Å². The molecular weight excluding hydrogens is 248 g/mol. The van der Waals surface area contributed by atoms with E-state index in [1.165, 1.54) is 10.9 Å². The topological polar surface area (TPSA) is 38.1 Å². The Bertz CT molecular complexity index is 704. The number of aryl methyl sites for hydroxylation is 1. The van der Waals surface area contributed by atoms with E-state index in [1.54, 1.807) is 6.26 Å². The van der Waals surface area contributed by atoms with Crippen molar-refractivity contribution < 1.29 is 4.42 Å². The first kappa shape index (κ1) is 12.9. The first-order valence-corrected chi connectivity index (χ1v) is 6.92. The number of furan rings is 1. The molecule has 0 saturated carbocycles. The average molecular weight is 266 g/mol. The molecular formula is C17H18N2O. The Morgan fingerprint density at radius 3 is 2.80 bits per heavy atom. The number of pyridine rings is 1. The van der Waals surface area contributed by atoms with E-state index in [0.29, 0.717) is 0 Å². The molecule has 0 saturated heterocycles. The molecule has 20 heavy (non-hydrogen) atoms. The van der Waals surface area contributed by atoms with E-state index in [2.05, 4.69) is 37.4 Å². The number of para-hydroxylation sites is 1. The lowest BCUT2D eigenvalue weighted by atomic mass is 10.0. The quantitative estimate of drug-likeness (QED) is 0.779. The smallest absolute Gasteiger partial charge is 0.126 e. The summed E-state index contributed by atoms with van der Waals surface area (Å²) in [5.74, 6) is 0.897. The maximum Gasteiger partial charge on any atom is 0.126 e. The van der Waals surface area contributed by atoms with Gasteiger partial charge in [-0.1, -0.05) is 25.1 Å². The van der Waals surface area contributed by atoms with Gasteiger partial charge in [0.2, 0.25) is 0 Å². The lowest BCUT2D eigenvalue weighted by Crippen LogP contribution is -2.22. The van der Waals surface area contributed by atoms with Gasteiger partial charge in [-0.15, -0.1) is 0 Å². The molecule has 3 heteroatoms. The van der Waals surface area contributed by atoms with E-state index in [0.717, 1.165) is 23.5 Å². The van der Waals surface area contributed by atoms with Crippen molar-refractivity contribution in [1.29, 1.82) is 0 Å². The summed E-state index contributed by atoms with van der Waals surface area (Å²) in [5.41, 5.74) is 3.26. The highest BCUT2D eigenvalue weighted by atomic mass is 16.3. The van der Waals surface area contributed by atoms with Gasteiger partial charge in [0, 0.05) is 5.39 Å². The van der Waals surface area contributed by atoms with Crippen LogP contribution in [-0.2, 0) is 0 Å². The van der Waals surface area contributed by atoms with E-state index in [1.807, 2.05) is 24.3 Å². The largest absolute Gasteiger partial charge is 0.467 e. The normalized spacial score (nSPS) is 12.7. The molecule has 0 radical (unpaired) electrons. The van der Waals surface area contributed by atoms with Crippen molar-refractivity contribution in [2.75, 3.05) is 6.54 Å². The number of benzene rings is 1. The molecule has 3 rings (SSSR count). The lowest BCUT2D eigenvalue weighted by Gasteiger charge is -2.16. The van der Waals surface area contributed by atoms with Gasteiger partial charge in [0.05, 0.1) is 17.5 Å². The number of fused-ring (bicyclic) bond motifs is 1. The molecule has 0 fully saturated rings. The van der Waals surface area contributed by atoms with Gasteiger partial charge in [0.1, 0.15) is 11.8 Å². The molecule has 3 aromatic rings. The maximum absolute atomic E-state index is 5.55. The van der Waals surface area contributed by atoms with Crippen LogP contribution in [-0.4, -0.2) is 11.5 Å². The fraction of sp³-hybridized carbons (Fsp3) is 0.235. The summed E-state index contributed by atoms with van der Waals surface area (Å²) < 4.78 is 5.55. The van der Waals surface area contributed by atoms with Crippen LogP contribution in [0.1, 0.15) is 30.0 Å². The molecule has 0 aliphatic carbocycles. The summed E-state index contributed by atoms with van der Waals surface area (Å²) in [6, 6.07) is 14.3. The maximum atomic E-state index is 5.55. The van der Waals surface area contributed by atoms with Crippen LogP contribution in [0, 0.1) is 6.92 Å². The molecule has 1 atom stereocenters. The zero-order valence-electron chi connectivity index (χ0n) is 11.8. The van der Waals surface area contributed by atoms with Crippen molar-refractivity contribution in [3.63, 3.8) is 0 Å². The highest BCUT2D eigenvalue weighted by molar-refractivity contribution is 5.82.